The van der Waals surface area contributed by atoms with Gasteiger partial charge < -0.3 is 38.2 Å². The first-order valence-corrected chi connectivity index (χ1v) is 18.5. The lowest BCUT2D eigenvalue weighted by atomic mass is 9.79. The van der Waals surface area contributed by atoms with Gasteiger partial charge in [0.1, 0.15) is 29.8 Å². The van der Waals surface area contributed by atoms with Gasteiger partial charge in [0.15, 0.2) is 0 Å². The van der Waals surface area contributed by atoms with Gasteiger partial charge in [-0.1, -0.05) is 54.6 Å². The molecule has 1 saturated carbocycles. The van der Waals surface area contributed by atoms with Crippen molar-refractivity contribution in [3.63, 3.8) is 0 Å². The fourth-order valence-electron chi connectivity index (χ4n) is 6.79. The lowest BCUT2D eigenvalue weighted by Crippen LogP contribution is -2.49. The van der Waals surface area contributed by atoms with Crippen molar-refractivity contribution in [2.24, 2.45) is 5.92 Å². The number of carbonyl (C=O) groups excluding carboxylic acids is 1. The van der Waals surface area contributed by atoms with Gasteiger partial charge in [-0.05, 0) is 75.1 Å². The lowest BCUT2D eigenvalue weighted by Gasteiger charge is -2.40. The number of ether oxygens (including phenoxy) is 4. The Labute approximate surface area is 311 Å². The van der Waals surface area contributed by atoms with Gasteiger partial charge in [-0.2, -0.15) is 13.2 Å². The van der Waals surface area contributed by atoms with E-state index in [4.69, 9.17) is 34.6 Å². The fraction of sp³-hybridized carbons (Fsp3) is 0.487. The molecule has 1 aliphatic carbocycles. The number of carbonyl (C=O) groups is 1. The van der Waals surface area contributed by atoms with Crippen LogP contribution in [0.2, 0.25) is 0 Å². The number of nitrogens with one attached hydrogen (secondary N) is 1. The van der Waals surface area contributed by atoms with Crippen molar-refractivity contribution in [3.8, 4) is 11.5 Å². The number of benzene rings is 3. The van der Waals surface area contributed by atoms with Crippen molar-refractivity contribution >= 4 is 14.4 Å². The average Bonchev–Trinajstić information content (AvgIpc) is 3.47. The topological polar surface area (TPSA) is 92.1 Å². The van der Waals surface area contributed by atoms with Gasteiger partial charge in [-0.15, -0.1) is 0 Å². The van der Waals surface area contributed by atoms with Crippen LogP contribution in [0.5, 0.6) is 11.5 Å². The maximum atomic E-state index is 13.6. The SMILES string of the molecule is [C-]#[N+]CCOP(OC1[C@@H](COC(c2ccccc2)(c2ccc(OC)cc2)c2ccc(OC)cc2)C[C@@H](NC(=O)C(F)(F)F)[C@H]1OC)N(C(C)C)C(C)C. The van der Waals surface area contributed by atoms with Crippen LogP contribution >= 0.6 is 8.53 Å². The summed E-state index contributed by atoms with van der Waals surface area (Å²) in [5, 5.41) is 2.16. The monoisotopic (exact) mass is 759 g/mol. The summed E-state index contributed by atoms with van der Waals surface area (Å²) in [7, 11) is 2.71. The van der Waals surface area contributed by atoms with Crippen LogP contribution in [0, 0.1) is 12.5 Å². The quantitative estimate of drug-likeness (QED) is 0.0610. The number of hydrogen-bond donors (Lipinski definition) is 1. The van der Waals surface area contributed by atoms with Gasteiger partial charge in [0, 0.05) is 25.1 Å². The molecule has 1 aliphatic rings. The van der Waals surface area contributed by atoms with Crippen molar-refractivity contribution in [2.45, 2.75) is 76.2 Å². The third-order valence-electron chi connectivity index (χ3n) is 9.14. The minimum Gasteiger partial charge on any atom is -0.497 e. The van der Waals surface area contributed by atoms with Crippen molar-refractivity contribution in [3.05, 3.63) is 107 Å². The number of halogens is 3. The average molecular weight is 760 g/mol. The molecule has 0 spiro atoms. The summed E-state index contributed by atoms with van der Waals surface area (Å²) in [6.07, 6.45) is -6.91. The number of alkyl halides is 3. The third-order valence-corrected chi connectivity index (χ3v) is 11.3. The molecule has 1 fully saturated rings. The first kappa shape index (κ1) is 42.0. The van der Waals surface area contributed by atoms with E-state index in [2.05, 4.69) is 10.2 Å². The highest BCUT2D eigenvalue weighted by molar-refractivity contribution is 7.44. The van der Waals surface area contributed by atoms with Crippen LogP contribution in [-0.2, 0) is 28.9 Å². The molecule has 0 radical (unpaired) electrons. The smallest absolute Gasteiger partial charge is 0.471 e. The predicted molar refractivity (Wildman–Crippen MR) is 196 cm³/mol. The highest BCUT2D eigenvalue weighted by atomic mass is 31.2. The number of methoxy groups -OCH3 is 3. The van der Waals surface area contributed by atoms with Gasteiger partial charge in [-0.25, -0.2) is 11.2 Å². The van der Waals surface area contributed by atoms with Crippen LogP contribution < -0.4 is 14.8 Å². The van der Waals surface area contributed by atoms with Gasteiger partial charge in [-0.3, -0.25) is 4.79 Å². The van der Waals surface area contributed by atoms with E-state index < -0.39 is 50.4 Å². The minimum absolute atomic E-state index is 0.0234. The Morgan fingerprint density at radius 2 is 1.40 bits per heavy atom. The Balaban J connectivity index is 1.84. The molecule has 1 amide bonds. The van der Waals surface area contributed by atoms with E-state index in [0.717, 1.165) is 16.7 Å². The summed E-state index contributed by atoms with van der Waals surface area (Å²) < 4.78 is 79.7. The zero-order valence-corrected chi connectivity index (χ0v) is 32.0. The van der Waals surface area contributed by atoms with Gasteiger partial charge in [0.25, 0.3) is 8.53 Å². The van der Waals surface area contributed by atoms with Crippen molar-refractivity contribution in [1.29, 1.82) is 0 Å². The van der Waals surface area contributed by atoms with E-state index in [1.165, 1.54) is 7.11 Å². The molecular formula is C39H49F3N3O7P. The maximum absolute atomic E-state index is 13.6. The summed E-state index contributed by atoms with van der Waals surface area (Å²) in [5.74, 6) is -1.37. The van der Waals surface area contributed by atoms with E-state index in [1.54, 1.807) is 14.2 Å². The molecule has 14 heteroatoms. The summed E-state index contributed by atoms with van der Waals surface area (Å²) in [4.78, 5) is 15.7. The Hall–Kier alpha value is -3.76. The standard InChI is InChI=1S/C39H49F3N3O7P/c1-26(2)45(27(3)4)53(51-23-22-43-5)52-35-28(24-34(36(35)49-8)44-37(46)39(40,41)42)25-50-38(29-12-10-9-11-13-29,30-14-18-32(47-6)19-15-30)31-16-20-33(48-7)21-17-31/h9-21,26-28,34-36H,22-25H2,1-4,6-8H3,(H,44,46)/t28-,34-,35?,36-,53?/m1/s1. The summed E-state index contributed by atoms with van der Waals surface area (Å²) in [6, 6.07) is 23.5. The highest BCUT2D eigenvalue weighted by Crippen LogP contribution is 2.51. The van der Waals surface area contributed by atoms with Crippen LogP contribution in [0.25, 0.3) is 4.85 Å². The van der Waals surface area contributed by atoms with Crippen LogP contribution in [0.4, 0.5) is 13.2 Å². The Kier molecular flexibility index (Phi) is 15.1. The largest absolute Gasteiger partial charge is 0.497 e. The van der Waals surface area contributed by atoms with E-state index >= 15 is 0 Å². The number of hydrogen-bond acceptors (Lipinski definition) is 8. The maximum Gasteiger partial charge on any atom is 0.471 e. The Bertz CT molecular complexity index is 1570. The number of rotatable bonds is 18. The second kappa shape index (κ2) is 19.0. The summed E-state index contributed by atoms with van der Waals surface area (Å²) in [6.45, 7) is 15.4. The molecule has 1 N–H and O–H groups in total. The first-order valence-electron chi connectivity index (χ1n) is 17.4. The molecule has 53 heavy (non-hydrogen) atoms. The molecule has 5 atom stereocenters. The first-order chi connectivity index (χ1) is 25.3. The Morgan fingerprint density at radius 3 is 1.85 bits per heavy atom. The van der Waals surface area contributed by atoms with Crippen molar-refractivity contribution in [2.75, 3.05) is 41.1 Å². The third kappa shape index (κ3) is 10.1. The Morgan fingerprint density at radius 1 is 0.868 bits per heavy atom. The molecule has 0 heterocycles. The predicted octanol–water partition coefficient (Wildman–Crippen LogP) is 7.76. The minimum atomic E-state index is -5.10. The van der Waals surface area contributed by atoms with Crippen LogP contribution in [-0.4, -0.2) is 88.2 Å². The van der Waals surface area contributed by atoms with E-state index in [9.17, 15) is 18.0 Å². The molecule has 3 aromatic rings. The summed E-state index contributed by atoms with van der Waals surface area (Å²) in [5.41, 5.74) is 1.11. The molecule has 0 aliphatic heterocycles. The van der Waals surface area contributed by atoms with E-state index in [-0.39, 0.29) is 38.3 Å². The van der Waals surface area contributed by atoms with E-state index in [0.29, 0.717) is 11.5 Å². The molecular weight excluding hydrogens is 710 g/mol. The molecule has 4 rings (SSSR count). The zero-order chi connectivity index (χ0) is 38.8. The van der Waals surface area contributed by atoms with Gasteiger partial charge in [0.05, 0.1) is 33.0 Å². The number of amides is 1. The van der Waals surface area contributed by atoms with Crippen LogP contribution in [0.1, 0.15) is 50.8 Å². The zero-order valence-electron chi connectivity index (χ0n) is 31.1. The van der Waals surface area contributed by atoms with Crippen molar-refractivity contribution < 1.29 is 46.0 Å². The molecule has 10 nitrogen and oxygen atoms in total. The molecule has 288 valence electrons. The molecule has 0 saturated heterocycles. The number of nitrogens with zero attached hydrogens (tertiary/aromatic N) is 2. The van der Waals surface area contributed by atoms with Crippen LogP contribution in [0.3, 0.4) is 0 Å². The molecule has 3 aromatic carbocycles. The molecule has 0 aromatic heterocycles. The normalized spacial score (nSPS) is 19.7. The van der Waals surface area contributed by atoms with E-state index in [1.807, 2.05) is 111 Å². The van der Waals surface area contributed by atoms with Crippen LogP contribution in [0.15, 0.2) is 78.9 Å². The van der Waals surface area contributed by atoms with Gasteiger partial charge in [0.2, 0.25) is 6.54 Å². The highest BCUT2D eigenvalue weighted by Gasteiger charge is 2.51. The molecule has 0 bridgehead atoms. The lowest BCUT2D eigenvalue weighted by molar-refractivity contribution is -0.175. The summed E-state index contributed by atoms with van der Waals surface area (Å²) >= 11 is 0. The van der Waals surface area contributed by atoms with Gasteiger partial charge >= 0.3 is 12.1 Å². The second-order valence-corrected chi connectivity index (χ2v) is 14.6. The van der Waals surface area contributed by atoms with Crippen molar-refractivity contribution in [1.82, 2.24) is 9.99 Å². The second-order valence-electron chi connectivity index (χ2n) is 13.2. The fourth-order valence-corrected chi connectivity index (χ4v) is 8.59. The molecule has 2 unspecified atom stereocenters.